The van der Waals surface area contributed by atoms with Gasteiger partial charge in [0.05, 0.1) is 0 Å². The molecule has 0 aliphatic heterocycles. The second-order valence-electron chi connectivity index (χ2n) is 1.65. The van der Waals surface area contributed by atoms with Gasteiger partial charge in [-0.15, -0.1) is 0 Å². The van der Waals surface area contributed by atoms with Gasteiger partial charge in [-0.05, 0) is 5.46 Å². The van der Waals surface area contributed by atoms with Crippen molar-refractivity contribution >= 4 is 12.6 Å². The van der Waals surface area contributed by atoms with Crippen molar-refractivity contribution in [3.05, 3.63) is 24.5 Å². The molecule has 0 aromatic carbocycles. The van der Waals surface area contributed by atoms with Crippen LogP contribution < -0.4 is 10.4 Å². The molecule has 0 spiro atoms. The van der Waals surface area contributed by atoms with Crippen molar-refractivity contribution in [2.45, 2.75) is 0 Å². The third kappa shape index (κ3) is 1.52. The van der Waals surface area contributed by atoms with Crippen LogP contribution in [0.2, 0.25) is 1.41 Å². The van der Waals surface area contributed by atoms with Gasteiger partial charge in [-0.1, -0.05) is 0 Å². The van der Waals surface area contributed by atoms with Crippen LogP contribution in [0.4, 0.5) is 0 Å². The summed E-state index contributed by atoms with van der Waals surface area (Å²) in [6.07, 6.45) is 2.85. The molecule has 0 saturated heterocycles. The van der Waals surface area contributed by atoms with Gasteiger partial charge in [0.1, 0.15) is 0 Å². The third-order valence-electron chi connectivity index (χ3n) is 1.00. The van der Waals surface area contributed by atoms with Gasteiger partial charge in [0.25, 0.3) is 0 Å². The zero-order chi connectivity index (χ0) is 7.56. The lowest BCUT2D eigenvalue weighted by Gasteiger charge is -1.91. The number of aromatic nitrogens is 1. The van der Waals surface area contributed by atoms with E-state index in [0.717, 1.165) is 4.98 Å². The molecule has 0 aliphatic rings. The summed E-state index contributed by atoms with van der Waals surface area (Å²) >= 11 is 0. The van der Waals surface area contributed by atoms with E-state index in [4.69, 9.17) is 11.5 Å². The molecule has 0 radical (unpaired) electrons. The number of hydrogen-bond donors (Lipinski definition) is 2. The van der Waals surface area contributed by atoms with Gasteiger partial charge in [-0.25, -0.2) is 4.98 Å². The molecule has 0 bridgehead atoms. The number of nitrogens with one attached hydrogen (secondary N) is 1. The fourth-order valence-corrected chi connectivity index (χ4v) is 0.536. The van der Waals surface area contributed by atoms with Crippen molar-refractivity contribution in [2.75, 3.05) is 0 Å². The Morgan fingerprint density at radius 1 is 1.44 bits per heavy atom. The van der Waals surface area contributed by atoms with Crippen LogP contribution in [0, 0.1) is 0 Å². The van der Waals surface area contributed by atoms with Crippen molar-refractivity contribution in [3.8, 4) is 0 Å². The first kappa shape index (κ1) is 4.96. The Bertz CT molecular complexity index is 213. The highest BCUT2D eigenvalue weighted by atomic mass is 16.4. The van der Waals surface area contributed by atoms with Crippen LogP contribution in [-0.2, 0) is 0 Å². The molecule has 1 aromatic heterocycles. The summed E-state index contributed by atoms with van der Waals surface area (Å²) in [6, 6.07) is 2.94. The smallest absolute Gasteiger partial charge is 0.423 e. The van der Waals surface area contributed by atoms with Gasteiger partial charge in [0.2, 0.25) is 0 Å². The van der Waals surface area contributed by atoms with E-state index in [1.807, 2.05) is 0 Å². The minimum atomic E-state index is -1.44. The normalized spacial score (nSPS) is 10.7. The Kier molecular flexibility index (Phi) is 1.44. The summed E-state index contributed by atoms with van der Waals surface area (Å²) in [7, 11) is -1.44. The lowest BCUT2D eigenvalue weighted by molar-refractivity contribution is -0.377. The predicted molar refractivity (Wildman–Crippen MR) is 32.8 cm³/mol. The van der Waals surface area contributed by atoms with Gasteiger partial charge < -0.3 is 10.0 Å². The lowest BCUT2D eigenvalue weighted by Crippen LogP contribution is -2.30. The highest BCUT2D eigenvalue weighted by molar-refractivity contribution is 6.58. The number of rotatable bonds is 1. The average Bonchev–Trinajstić information content (AvgIpc) is 1.88. The molecule has 0 unspecified atom stereocenters. The Hall–Kier alpha value is -0.865. The van der Waals surface area contributed by atoms with Crippen molar-refractivity contribution in [2.24, 2.45) is 0 Å². The minimum Gasteiger partial charge on any atom is -0.423 e. The fraction of sp³-hybridized carbons (Fsp3) is 0. The molecule has 3 nitrogen and oxygen atoms in total. The second kappa shape index (κ2) is 2.61. The Morgan fingerprint density at radius 2 is 2.00 bits per heavy atom. The first-order valence-corrected chi connectivity index (χ1v) is 2.57. The monoisotopic (exact) mass is 125 g/mol. The van der Waals surface area contributed by atoms with Gasteiger partial charge >= 0.3 is 8.53 Å². The molecule has 1 rings (SSSR count). The van der Waals surface area contributed by atoms with Gasteiger partial charge in [0.15, 0.2) is 12.4 Å². The largest absolute Gasteiger partial charge is 0.488 e. The SMILES string of the molecule is [2H][n+]1ccc(B(O)O)cc1. The van der Waals surface area contributed by atoms with Crippen molar-refractivity contribution in [1.29, 1.82) is 0 Å². The number of H-pyrrole nitrogens is 1. The number of aromatic amines is 1. The van der Waals surface area contributed by atoms with Crippen LogP contribution in [0.25, 0.3) is 0 Å². The van der Waals surface area contributed by atoms with Gasteiger partial charge in [0, 0.05) is 12.1 Å². The maximum atomic E-state index is 8.60. The summed E-state index contributed by atoms with van der Waals surface area (Å²) in [4.78, 5) is 1.08. The van der Waals surface area contributed by atoms with Crippen LogP contribution in [0.1, 0.15) is 0 Å². The standard InChI is InChI=1S/C5H6BNO2/c8-6(9)5-1-3-7-4-2-5/h1-4,8-9H/p+1/i/hD. The fourth-order valence-electron chi connectivity index (χ4n) is 0.536. The average molecular weight is 125 g/mol. The van der Waals surface area contributed by atoms with Crippen LogP contribution in [0.15, 0.2) is 24.5 Å². The molecular weight excluding hydrogens is 117 g/mol. The maximum Gasteiger partial charge on any atom is 0.488 e. The Morgan fingerprint density at radius 3 is 2.44 bits per heavy atom. The minimum absolute atomic E-state index is 0.392. The molecule has 3 N–H and O–H groups in total. The summed E-state index contributed by atoms with van der Waals surface area (Å²) in [5.41, 5.74) is 0.392. The predicted octanol–water partition coefficient (Wildman–Crippen LogP) is -1.82. The maximum absolute atomic E-state index is 8.60. The van der Waals surface area contributed by atoms with Crippen molar-refractivity contribution < 1.29 is 16.4 Å². The van der Waals surface area contributed by atoms with E-state index in [1.165, 1.54) is 24.5 Å². The molecular formula is C5H7BNO2+. The van der Waals surface area contributed by atoms with Crippen LogP contribution >= 0.6 is 0 Å². The summed E-state index contributed by atoms with van der Waals surface area (Å²) < 4.78 is 6.99. The van der Waals surface area contributed by atoms with Gasteiger partial charge in [-0.3, -0.25) is 0 Å². The molecule has 1 aromatic rings. The van der Waals surface area contributed by atoms with E-state index in [9.17, 15) is 0 Å². The van der Waals surface area contributed by atoms with Crippen molar-refractivity contribution in [3.63, 3.8) is 0 Å². The highest BCUT2D eigenvalue weighted by Crippen LogP contribution is 1.73. The second-order valence-corrected chi connectivity index (χ2v) is 1.65. The Balaban J connectivity index is 2.89. The molecule has 0 atom stereocenters. The summed E-state index contributed by atoms with van der Waals surface area (Å²) in [5, 5.41) is 17.2. The van der Waals surface area contributed by atoms with E-state index in [2.05, 4.69) is 0 Å². The van der Waals surface area contributed by atoms with Crippen molar-refractivity contribution in [1.82, 2.24) is 0 Å². The van der Waals surface area contributed by atoms with Crippen LogP contribution in [0.3, 0.4) is 0 Å². The van der Waals surface area contributed by atoms with E-state index >= 15 is 0 Å². The molecule has 4 heteroatoms. The molecule has 46 valence electrons. The number of pyridine rings is 1. The highest BCUT2D eigenvalue weighted by Gasteiger charge is 2.09. The Labute approximate surface area is 54.6 Å². The van der Waals surface area contributed by atoms with E-state index in [-0.39, 0.29) is 0 Å². The van der Waals surface area contributed by atoms with E-state index in [1.54, 1.807) is 0 Å². The topological polar surface area (TPSA) is 54.6 Å². The first-order chi connectivity index (χ1) is 4.70. The molecule has 0 amide bonds. The molecule has 0 saturated carbocycles. The van der Waals surface area contributed by atoms with Gasteiger partial charge in [-0.2, -0.15) is 0 Å². The lowest BCUT2D eigenvalue weighted by atomic mass is 9.81. The first-order valence-electron chi connectivity index (χ1n) is 3.01. The van der Waals surface area contributed by atoms with E-state index in [0.29, 0.717) is 5.46 Å². The summed E-state index contributed by atoms with van der Waals surface area (Å²) in [5.74, 6) is 0. The zero-order valence-corrected chi connectivity index (χ0v) is 4.73. The third-order valence-corrected chi connectivity index (χ3v) is 1.00. The number of hydrogen-bond acceptors (Lipinski definition) is 2. The summed E-state index contributed by atoms with van der Waals surface area (Å²) in [6.45, 7) is 0. The molecule has 9 heavy (non-hydrogen) atoms. The molecule has 1 heterocycles. The zero-order valence-electron chi connectivity index (χ0n) is 5.73. The molecule has 0 fully saturated rings. The van der Waals surface area contributed by atoms with E-state index < -0.39 is 7.12 Å². The van der Waals surface area contributed by atoms with Crippen LogP contribution in [-0.4, -0.2) is 17.2 Å². The molecule has 0 aliphatic carbocycles. The van der Waals surface area contributed by atoms with Crippen LogP contribution in [0.5, 0.6) is 0 Å². The quantitative estimate of drug-likeness (QED) is 0.434.